The van der Waals surface area contributed by atoms with E-state index in [2.05, 4.69) is 6.58 Å². The minimum Gasteiger partial charge on any atom is -0.493 e. The third kappa shape index (κ3) is 3.59. The fourth-order valence-corrected chi connectivity index (χ4v) is 3.09. The smallest absolute Gasteiger partial charge is 0.293 e. The van der Waals surface area contributed by atoms with Gasteiger partial charge in [0.25, 0.3) is 11.1 Å². The van der Waals surface area contributed by atoms with Crippen molar-refractivity contribution in [2.45, 2.75) is 13.3 Å². The van der Waals surface area contributed by atoms with Gasteiger partial charge in [-0.05, 0) is 48.9 Å². The zero-order chi connectivity index (χ0) is 17.0. The molecule has 1 aromatic carbocycles. The Morgan fingerprint density at radius 3 is 2.61 bits per heavy atom. The molecule has 0 saturated carbocycles. The van der Waals surface area contributed by atoms with Crippen LogP contribution in [0.3, 0.4) is 0 Å². The summed E-state index contributed by atoms with van der Waals surface area (Å²) in [5.41, 5.74) is 1.69. The summed E-state index contributed by atoms with van der Waals surface area (Å²) >= 11 is 0.931. The molecule has 5 nitrogen and oxygen atoms in total. The maximum atomic E-state index is 12.0. The number of carbonyl (C=O) groups is 2. The standard InChI is InChI=1S/C17H19NO4S/c1-5-7-12-8-11(9-13(22-6-2)15(12)21-4)10-14-16(19)18(3)17(20)23-14/h5,8-10H,1,6-7H2,2-4H3/b14-10+. The number of methoxy groups -OCH3 is 1. The van der Waals surface area contributed by atoms with E-state index in [9.17, 15) is 9.59 Å². The van der Waals surface area contributed by atoms with E-state index in [1.165, 1.54) is 7.05 Å². The Kier molecular flexibility index (Phi) is 5.50. The fraction of sp³-hybridized carbons (Fsp3) is 0.294. The molecule has 122 valence electrons. The van der Waals surface area contributed by atoms with Gasteiger partial charge in [0, 0.05) is 12.6 Å². The molecular weight excluding hydrogens is 314 g/mol. The molecule has 0 spiro atoms. The van der Waals surface area contributed by atoms with E-state index in [0.717, 1.165) is 27.8 Å². The maximum Gasteiger partial charge on any atom is 0.293 e. The molecule has 1 heterocycles. The van der Waals surface area contributed by atoms with Crippen LogP contribution in [-0.2, 0) is 11.2 Å². The zero-order valence-corrected chi connectivity index (χ0v) is 14.2. The van der Waals surface area contributed by atoms with E-state index < -0.39 is 0 Å². The van der Waals surface area contributed by atoms with Crippen molar-refractivity contribution >= 4 is 29.0 Å². The Hall–Kier alpha value is -2.21. The van der Waals surface area contributed by atoms with Crippen LogP contribution in [0.5, 0.6) is 11.5 Å². The summed E-state index contributed by atoms with van der Waals surface area (Å²) in [5, 5.41) is -0.272. The lowest BCUT2D eigenvalue weighted by molar-refractivity contribution is -0.121. The molecule has 23 heavy (non-hydrogen) atoms. The van der Waals surface area contributed by atoms with Gasteiger partial charge in [-0.1, -0.05) is 6.08 Å². The molecule has 1 fully saturated rings. The van der Waals surface area contributed by atoms with Gasteiger partial charge in [-0.3, -0.25) is 14.5 Å². The lowest BCUT2D eigenvalue weighted by Crippen LogP contribution is -2.22. The molecule has 0 bridgehead atoms. The van der Waals surface area contributed by atoms with Crippen molar-refractivity contribution in [3.05, 3.63) is 40.8 Å². The second-order valence-electron chi connectivity index (χ2n) is 4.88. The van der Waals surface area contributed by atoms with Gasteiger partial charge in [0.1, 0.15) is 0 Å². The molecule has 1 aliphatic rings. The van der Waals surface area contributed by atoms with Crippen molar-refractivity contribution in [3.8, 4) is 11.5 Å². The minimum atomic E-state index is -0.293. The van der Waals surface area contributed by atoms with E-state index >= 15 is 0 Å². The summed E-state index contributed by atoms with van der Waals surface area (Å²) in [6, 6.07) is 3.71. The molecule has 6 heteroatoms. The predicted octanol–water partition coefficient (Wildman–Crippen LogP) is 3.49. The van der Waals surface area contributed by atoms with E-state index in [4.69, 9.17) is 9.47 Å². The lowest BCUT2D eigenvalue weighted by atomic mass is 10.0. The quantitative estimate of drug-likeness (QED) is 0.589. The number of thioether (sulfide) groups is 1. The van der Waals surface area contributed by atoms with Crippen LogP contribution in [0.4, 0.5) is 4.79 Å². The molecule has 2 amide bonds. The third-order valence-electron chi connectivity index (χ3n) is 3.31. The Morgan fingerprint density at radius 2 is 2.09 bits per heavy atom. The van der Waals surface area contributed by atoms with Gasteiger partial charge in [0.2, 0.25) is 0 Å². The first-order valence-corrected chi connectivity index (χ1v) is 7.99. The van der Waals surface area contributed by atoms with Gasteiger partial charge in [-0.25, -0.2) is 0 Å². The van der Waals surface area contributed by atoms with Gasteiger partial charge in [-0.15, -0.1) is 6.58 Å². The molecule has 1 aliphatic heterocycles. The van der Waals surface area contributed by atoms with Crippen molar-refractivity contribution in [2.75, 3.05) is 20.8 Å². The summed E-state index contributed by atoms with van der Waals surface area (Å²) in [7, 11) is 3.06. The fourth-order valence-electron chi connectivity index (χ4n) is 2.27. The number of likely N-dealkylation sites (N-methyl/N-ethyl adjacent to an activating group) is 1. The van der Waals surface area contributed by atoms with Crippen molar-refractivity contribution < 1.29 is 19.1 Å². The van der Waals surface area contributed by atoms with Crippen LogP contribution >= 0.6 is 11.8 Å². The molecule has 0 atom stereocenters. The number of benzene rings is 1. The molecule has 0 aromatic heterocycles. The van der Waals surface area contributed by atoms with Gasteiger partial charge in [0.05, 0.1) is 18.6 Å². The van der Waals surface area contributed by atoms with Crippen LogP contribution < -0.4 is 9.47 Å². The second kappa shape index (κ2) is 7.37. The third-order valence-corrected chi connectivity index (χ3v) is 4.27. The Labute approximate surface area is 139 Å². The summed E-state index contributed by atoms with van der Waals surface area (Å²) in [4.78, 5) is 25.1. The number of amides is 2. The number of allylic oxidation sites excluding steroid dienone is 1. The summed E-state index contributed by atoms with van der Waals surface area (Å²) in [5.74, 6) is 0.975. The Balaban J connectivity index is 2.48. The monoisotopic (exact) mass is 333 g/mol. The highest BCUT2D eigenvalue weighted by Gasteiger charge is 2.31. The molecule has 0 unspecified atom stereocenters. The largest absolute Gasteiger partial charge is 0.493 e. The highest BCUT2D eigenvalue weighted by molar-refractivity contribution is 8.18. The molecule has 0 aliphatic carbocycles. The predicted molar refractivity (Wildman–Crippen MR) is 91.8 cm³/mol. The van der Waals surface area contributed by atoms with Gasteiger partial charge < -0.3 is 9.47 Å². The topological polar surface area (TPSA) is 55.8 Å². The average molecular weight is 333 g/mol. The van der Waals surface area contributed by atoms with Crippen LogP contribution in [0.1, 0.15) is 18.1 Å². The highest BCUT2D eigenvalue weighted by Crippen LogP contribution is 2.36. The number of carbonyl (C=O) groups excluding carboxylic acids is 2. The summed E-state index contributed by atoms with van der Waals surface area (Å²) < 4.78 is 11.1. The maximum absolute atomic E-state index is 12.0. The van der Waals surface area contributed by atoms with Crippen molar-refractivity contribution in [1.82, 2.24) is 4.90 Å². The number of ether oxygens (including phenoxy) is 2. The van der Waals surface area contributed by atoms with Crippen LogP contribution in [0, 0.1) is 0 Å². The van der Waals surface area contributed by atoms with Gasteiger partial charge >= 0.3 is 0 Å². The first kappa shape index (κ1) is 17.1. The second-order valence-corrected chi connectivity index (χ2v) is 5.87. The number of rotatable bonds is 6. The van der Waals surface area contributed by atoms with E-state index in [1.807, 2.05) is 13.0 Å². The molecule has 0 N–H and O–H groups in total. The van der Waals surface area contributed by atoms with Crippen LogP contribution in [0.25, 0.3) is 6.08 Å². The Bertz CT molecular complexity index is 681. The lowest BCUT2D eigenvalue weighted by Gasteiger charge is -2.14. The van der Waals surface area contributed by atoms with Crippen LogP contribution in [0.15, 0.2) is 29.7 Å². The average Bonchev–Trinajstić information content (AvgIpc) is 2.75. The van der Waals surface area contributed by atoms with Crippen molar-refractivity contribution in [1.29, 1.82) is 0 Å². The number of nitrogens with zero attached hydrogens (tertiary/aromatic N) is 1. The molecular formula is C17H19NO4S. The number of hydrogen-bond donors (Lipinski definition) is 0. The van der Waals surface area contributed by atoms with Gasteiger partial charge in [0.15, 0.2) is 11.5 Å². The van der Waals surface area contributed by atoms with E-state index in [-0.39, 0.29) is 11.1 Å². The molecule has 0 radical (unpaired) electrons. The van der Waals surface area contributed by atoms with Crippen molar-refractivity contribution in [2.24, 2.45) is 0 Å². The number of hydrogen-bond acceptors (Lipinski definition) is 5. The summed E-state index contributed by atoms with van der Waals surface area (Å²) in [6.45, 7) is 6.14. The molecule has 1 saturated heterocycles. The Morgan fingerprint density at radius 1 is 1.35 bits per heavy atom. The van der Waals surface area contributed by atoms with Crippen LogP contribution in [0.2, 0.25) is 0 Å². The first-order valence-electron chi connectivity index (χ1n) is 7.18. The van der Waals surface area contributed by atoms with Crippen molar-refractivity contribution in [3.63, 3.8) is 0 Å². The number of imide groups is 1. The van der Waals surface area contributed by atoms with Gasteiger partial charge in [-0.2, -0.15) is 0 Å². The van der Waals surface area contributed by atoms with E-state index in [0.29, 0.717) is 29.4 Å². The zero-order valence-electron chi connectivity index (χ0n) is 13.4. The SMILES string of the molecule is C=CCc1cc(/C=C2/SC(=O)N(C)C2=O)cc(OCC)c1OC. The minimum absolute atomic E-state index is 0.272. The normalized spacial score (nSPS) is 16.1. The molecule has 2 rings (SSSR count). The molecule has 1 aromatic rings. The summed E-state index contributed by atoms with van der Waals surface area (Å²) in [6.07, 6.45) is 4.08. The highest BCUT2D eigenvalue weighted by atomic mass is 32.2. The first-order chi connectivity index (χ1) is 11.0. The van der Waals surface area contributed by atoms with Crippen LogP contribution in [-0.4, -0.2) is 36.8 Å². The van der Waals surface area contributed by atoms with E-state index in [1.54, 1.807) is 25.3 Å².